The van der Waals surface area contributed by atoms with Gasteiger partial charge < -0.3 is 20.4 Å². The second kappa shape index (κ2) is 9.38. The molecule has 6 heteroatoms. The quantitative estimate of drug-likeness (QED) is 0.205. The first-order valence-electron chi connectivity index (χ1n) is 12.1. The van der Waals surface area contributed by atoms with E-state index in [9.17, 15) is 9.90 Å². The Hall–Kier alpha value is -4.32. The zero-order valence-corrected chi connectivity index (χ0v) is 20.6. The summed E-state index contributed by atoms with van der Waals surface area (Å²) in [6.07, 6.45) is 0.906. The van der Waals surface area contributed by atoms with E-state index in [2.05, 4.69) is 42.1 Å². The van der Waals surface area contributed by atoms with Crippen LogP contribution in [0.4, 0.5) is 4.79 Å². The first-order valence-corrected chi connectivity index (χ1v) is 12.1. The Morgan fingerprint density at radius 1 is 0.889 bits per heavy atom. The molecular weight excluding hydrogens is 448 g/mol. The van der Waals surface area contributed by atoms with Gasteiger partial charge in [0.25, 0.3) is 0 Å². The summed E-state index contributed by atoms with van der Waals surface area (Å²) in [5.41, 5.74) is 5.39. The standard InChI is InChI=1S/C30H30N4O2/c1-30(2,3)24(22-18-31-23-17-11-10-16-21(22)23)27(34-29(35)36)28-32-25(19-12-6-4-7-13-19)26(33-28)20-14-8-5-9-15-20/h4-18,24,27,31,34H,1-3H3,(H,32,33)(H,35,36)/t24?,27-/m0/s1. The molecule has 2 atom stereocenters. The number of amides is 1. The molecule has 1 amide bonds. The fourth-order valence-corrected chi connectivity index (χ4v) is 5.10. The van der Waals surface area contributed by atoms with Gasteiger partial charge in [0.1, 0.15) is 5.82 Å². The van der Waals surface area contributed by atoms with Crippen LogP contribution in [0, 0.1) is 5.41 Å². The van der Waals surface area contributed by atoms with Gasteiger partial charge in [0.05, 0.1) is 17.4 Å². The molecule has 3 aromatic carbocycles. The Balaban J connectivity index is 1.72. The van der Waals surface area contributed by atoms with Gasteiger partial charge in [0.2, 0.25) is 0 Å². The summed E-state index contributed by atoms with van der Waals surface area (Å²) in [5, 5.41) is 13.8. The average Bonchev–Trinajstić information content (AvgIpc) is 3.49. The summed E-state index contributed by atoms with van der Waals surface area (Å²) in [6.45, 7) is 6.40. The van der Waals surface area contributed by atoms with Gasteiger partial charge in [0, 0.05) is 34.1 Å². The molecule has 2 aromatic heterocycles. The largest absolute Gasteiger partial charge is 0.465 e. The number of aromatic nitrogens is 3. The van der Waals surface area contributed by atoms with E-state index in [4.69, 9.17) is 4.98 Å². The molecule has 0 aliphatic rings. The van der Waals surface area contributed by atoms with Crippen LogP contribution in [0.1, 0.15) is 44.1 Å². The van der Waals surface area contributed by atoms with Crippen LogP contribution in [0.25, 0.3) is 33.4 Å². The summed E-state index contributed by atoms with van der Waals surface area (Å²) in [5.74, 6) is 0.378. The fourth-order valence-electron chi connectivity index (χ4n) is 5.10. The molecule has 0 bridgehead atoms. The second-order valence-corrected chi connectivity index (χ2v) is 10.1. The van der Waals surface area contributed by atoms with Gasteiger partial charge in [-0.2, -0.15) is 0 Å². The molecule has 0 aliphatic heterocycles. The number of H-pyrrole nitrogens is 2. The van der Waals surface area contributed by atoms with E-state index >= 15 is 0 Å². The number of rotatable bonds is 6. The molecular formula is C30H30N4O2. The molecule has 0 fully saturated rings. The van der Waals surface area contributed by atoms with Crippen molar-refractivity contribution in [2.75, 3.05) is 0 Å². The van der Waals surface area contributed by atoms with Crippen molar-refractivity contribution < 1.29 is 9.90 Å². The Bertz CT molecular complexity index is 1420. The van der Waals surface area contributed by atoms with Crippen LogP contribution in [-0.2, 0) is 0 Å². The van der Waals surface area contributed by atoms with Gasteiger partial charge >= 0.3 is 6.09 Å². The molecule has 182 valence electrons. The van der Waals surface area contributed by atoms with Crippen molar-refractivity contribution in [3.63, 3.8) is 0 Å². The fraction of sp³-hybridized carbons (Fsp3) is 0.200. The highest BCUT2D eigenvalue weighted by molar-refractivity contribution is 5.84. The Morgan fingerprint density at radius 2 is 1.50 bits per heavy atom. The van der Waals surface area contributed by atoms with E-state index in [0.29, 0.717) is 5.82 Å². The van der Waals surface area contributed by atoms with Crippen LogP contribution >= 0.6 is 0 Å². The monoisotopic (exact) mass is 478 g/mol. The molecule has 5 aromatic rings. The number of benzene rings is 3. The van der Waals surface area contributed by atoms with Crippen molar-refractivity contribution in [3.8, 4) is 22.5 Å². The molecule has 5 rings (SSSR count). The predicted octanol–water partition coefficient (Wildman–Crippen LogP) is 7.36. The van der Waals surface area contributed by atoms with Gasteiger partial charge in [-0.3, -0.25) is 0 Å². The number of aromatic amines is 2. The molecule has 1 unspecified atom stereocenters. The van der Waals surface area contributed by atoms with Gasteiger partial charge in [-0.25, -0.2) is 9.78 Å². The first-order chi connectivity index (χ1) is 17.3. The maximum absolute atomic E-state index is 12.1. The lowest BCUT2D eigenvalue weighted by molar-refractivity contribution is 0.177. The van der Waals surface area contributed by atoms with E-state index < -0.39 is 12.1 Å². The minimum Gasteiger partial charge on any atom is -0.465 e. The van der Waals surface area contributed by atoms with E-state index in [1.807, 2.05) is 85.1 Å². The van der Waals surface area contributed by atoms with Crippen molar-refractivity contribution in [2.45, 2.75) is 32.7 Å². The van der Waals surface area contributed by atoms with E-state index in [1.165, 1.54) is 0 Å². The van der Waals surface area contributed by atoms with Crippen molar-refractivity contribution in [1.82, 2.24) is 20.3 Å². The maximum atomic E-state index is 12.1. The SMILES string of the molecule is CC(C)(C)C(c1c[nH]c2ccccc12)[C@H](NC(=O)O)c1nc(-c2ccccc2)c(-c2ccccc2)[nH]1. The van der Waals surface area contributed by atoms with Gasteiger partial charge in [-0.05, 0) is 17.0 Å². The van der Waals surface area contributed by atoms with Crippen LogP contribution in [0.5, 0.6) is 0 Å². The number of nitrogens with one attached hydrogen (secondary N) is 3. The van der Waals surface area contributed by atoms with Crippen molar-refractivity contribution in [2.24, 2.45) is 5.41 Å². The molecule has 6 nitrogen and oxygen atoms in total. The minimum atomic E-state index is -1.09. The highest BCUT2D eigenvalue weighted by Gasteiger charge is 2.39. The molecule has 2 heterocycles. The number of hydrogen-bond donors (Lipinski definition) is 4. The number of para-hydroxylation sites is 1. The number of carbonyl (C=O) groups is 1. The normalized spacial score (nSPS) is 13.4. The van der Waals surface area contributed by atoms with E-state index in [0.717, 1.165) is 39.0 Å². The van der Waals surface area contributed by atoms with Crippen LogP contribution < -0.4 is 5.32 Å². The molecule has 0 spiro atoms. The zero-order chi connectivity index (χ0) is 25.3. The summed E-state index contributed by atoms with van der Waals surface area (Å²) in [7, 11) is 0. The van der Waals surface area contributed by atoms with Crippen molar-refractivity contribution in [1.29, 1.82) is 0 Å². The van der Waals surface area contributed by atoms with Crippen LogP contribution in [0.3, 0.4) is 0 Å². The molecule has 0 radical (unpaired) electrons. The van der Waals surface area contributed by atoms with E-state index in [-0.39, 0.29) is 11.3 Å². The van der Waals surface area contributed by atoms with Gasteiger partial charge in [-0.1, -0.05) is 99.6 Å². The highest BCUT2D eigenvalue weighted by Crippen LogP contribution is 2.46. The van der Waals surface area contributed by atoms with Crippen LogP contribution in [0.2, 0.25) is 0 Å². The van der Waals surface area contributed by atoms with Crippen LogP contribution in [-0.4, -0.2) is 26.2 Å². The Morgan fingerprint density at radius 3 is 2.14 bits per heavy atom. The molecule has 0 saturated carbocycles. The summed E-state index contributed by atoms with van der Waals surface area (Å²) in [4.78, 5) is 24.0. The summed E-state index contributed by atoms with van der Waals surface area (Å²) >= 11 is 0. The van der Waals surface area contributed by atoms with Crippen LogP contribution in [0.15, 0.2) is 91.1 Å². The first kappa shape index (κ1) is 23.4. The zero-order valence-electron chi connectivity index (χ0n) is 20.6. The topological polar surface area (TPSA) is 93.8 Å². The maximum Gasteiger partial charge on any atom is 0.405 e. The number of fused-ring (bicyclic) bond motifs is 1. The third kappa shape index (κ3) is 4.50. The number of carboxylic acid groups (broad SMARTS) is 1. The lowest BCUT2D eigenvalue weighted by atomic mass is 9.72. The lowest BCUT2D eigenvalue weighted by Gasteiger charge is -2.36. The van der Waals surface area contributed by atoms with Crippen molar-refractivity contribution in [3.05, 3.63) is 103 Å². The van der Waals surface area contributed by atoms with Crippen molar-refractivity contribution >= 4 is 17.0 Å². The molecule has 4 N–H and O–H groups in total. The predicted molar refractivity (Wildman–Crippen MR) is 144 cm³/mol. The molecule has 36 heavy (non-hydrogen) atoms. The van der Waals surface area contributed by atoms with E-state index in [1.54, 1.807) is 0 Å². The number of nitrogens with zero attached hydrogens (tertiary/aromatic N) is 1. The minimum absolute atomic E-state index is 0.205. The molecule has 0 aliphatic carbocycles. The third-order valence-electron chi connectivity index (χ3n) is 6.63. The highest BCUT2D eigenvalue weighted by atomic mass is 16.4. The van der Waals surface area contributed by atoms with Gasteiger partial charge in [-0.15, -0.1) is 0 Å². The Labute approximate surface area is 210 Å². The second-order valence-electron chi connectivity index (χ2n) is 10.1. The Kier molecular flexibility index (Phi) is 6.10. The molecule has 0 saturated heterocycles. The lowest BCUT2D eigenvalue weighted by Crippen LogP contribution is -2.37. The average molecular weight is 479 g/mol. The number of imidazole rings is 1. The third-order valence-corrected chi connectivity index (χ3v) is 6.63. The summed E-state index contributed by atoms with van der Waals surface area (Å²) in [6, 6.07) is 27.5. The van der Waals surface area contributed by atoms with Gasteiger partial charge in [0.15, 0.2) is 0 Å². The number of hydrogen-bond acceptors (Lipinski definition) is 2. The summed E-state index contributed by atoms with van der Waals surface area (Å²) < 4.78 is 0. The smallest absolute Gasteiger partial charge is 0.405 e.